The first-order chi connectivity index (χ1) is 10.5. The number of hydrogen-bond acceptors (Lipinski definition) is 7. The van der Waals surface area contributed by atoms with E-state index in [4.69, 9.17) is 4.42 Å². The average Bonchev–Trinajstić information content (AvgIpc) is 3.11. The van der Waals surface area contributed by atoms with Gasteiger partial charge in [0.05, 0.1) is 17.3 Å². The average molecular weight is 345 g/mol. The largest absolute Gasteiger partial charge is 0.416 e. The van der Waals surface area contributed by atoms with Crippen molar-refractivity contribution in [3.8, 4) is 0 Å². The van der Waals surface area contributed by atoms with E-state index in [-0.39, 0.29) is 29.2 Å². The summed E-state index contributed by atoms with van der Waals surface area (Å²) in [6.45, 7) is 2.38. The first-order valence-electron chi connectivity index (χ1n) is 7.44. The van der Waals surface area contributed by atoms with E-state index < -0.39 is 9.84 Å². The minimum absolute atomic E-state index is 0.0730. The zero-order valence-electron chi connectivity index (χ0n) is 12.4. The van der Waals surface area contributed by atoms with E-state index >= 15 is 0 Å². The molecule has 2 heterocycles. The van der Waals surface area contributed by atoms with Gasteiger partial charge < -0.3 is 9.32 Å². The van der Waals surface area contributed by atoms with Gasteiger partial charge >= 0.3 is 0 Å². The Morgan fingerprint density at radius 3 is 2.73 bits per heavy atom. The van der Waals surface area contributed by atoms with Crippen LogP contribution in [0.5, 0.6) is 0 Å². The summed E-state index contributed by atoms with van der Waals surface area (Å²) in [6, 6.07) is -0.201. The molecule has 0 N–H and O–H groups in total. The SMILES string of the molecule is CCN(C(=O)CSc1nnc(C2CC2)o1)[C@H]1CCS(=O)(=O)C1. The van der Waals surface area contributed by atoms with Gasteiger partial charge in [-0.1, -0.05) is 11.8 Å². The molecule has 0 radical (unpaired) electrons. The molecule has 1 atom stereocenters. The molecule has 1 saturated carbocycles. The molecule has 1 aliphatic heterocycles. The number of amides is 1. The van der Waals surface area contributed by atoms with Gasteiger partial charge in [-0.3, -0.25) is 4.79 Å². The third kappa shape index (κ3) is 3.62. The number of thioether (sulfide) groups is 1. The number of carbonyl (C=O) groups is 1. The molecule has 3 rings (SSSR count). The monoisotopic (exact) mass is 345 g/mol. The maximum absolute atomic E-state index is 12.3. The Labute approximate surface area is 133 Å². The molecule has 1 saturated heterocycles. The van der Waals surface area contributed by atoms with E-state index in [1.54, 1.807) is 4.90 Å². The highest BCUT2D eigenvalue weighted by atomic mass is 32.2. The number of sulfone groups is 1. The molecule has 0 bridgehead atoms. The van der Waals surface area contributed by atoms with Crippen molar-refractivity contribution in [3.63, 3.8) is 0 Å². The van der Waals surface area contributed by atoms with Crippen molar-refractivity contribution in [2.24, 2.45) is 0 Å². The summed E-state index contributed by atoms with van der Waals surface area (Å²) in [5.41, 5.74) is 0. The fourth-order valence-electron chi connectivity index (χ4n) is 2.64. The van der Waals surface area contributed by atoms with Crippen LogP contribution in [0.4, 0.5) is 0 Å². The normalized spacial score (nSPS) is 23.6. The highest BCUT2D eigenvalue weighted by Crippen LogP contribution is 2.39. The third-order valence-corrected chi connectivity index (χ3v) is 6.53. The van der Waals surface area contributed by atoms with Crippen LogP contribution in [0.25, 0.3) is 0 Å². The van der Waals surface area contributed by atoms with E-state index in [0.29, 0.717) is 30.0 Å². The second-order valence-electron chi connectivity index (χ2n) is 5.71. The zero-order valence-corrected chi connectivity index (χ0v) is 14.0. The lowest BCUT2D eigenvalue weighted by Gasteiger charge is -2.26. The Kier molecular flexibility index (Phi) is 4.44. The van der Waals surface area contributed by atoms with Crippen LogP contribution < -0.4 is 0 Å². The Hall–Kier alpha value is -1.09. The second kappa shape index (κ2) is 6.19. The van der Waals surface area contributed by atoms with Crippen LogP contribution in [0, 0.1) is 0 Å². The van der Waals surface area contributed by atoms with Crippen molar-refractivity contribution in [1.29, 1.82) is 0 Å². The molecular weight excluding hydrogens is 326 g/mol. The van der Waals surface area contributed by atoms with Crippen molar-refractivity contribution in [1.82, 2.24) is 15.1 Å². The summed E-state index contributed by atoms with van der Waals surface area (Å²) in [6.07, 6.45) is 2.70. The minimum Gasteiger partial charge on any atom is -0.416 e. The maximum atomic E-state index is 12.3. The molecule has 0 spiro atoms. The van der Waals surface area contributed by atoms with Crippen LogP contribution in [0.3, 0.4) is 0 Å². The Bertz CT molecular complexity index is 654. The Morgan fingerprint density at radius 2 is 2.14 bits per heavy atom. The number of hydrogen-bond donors (Lipinski definition) is 0. The molecular formula is C13H19N3O4S2. The van der Waals surface area contributed by atoms with Gasteiger partial charge in [0.25, 0.3) is 5.22 Å². The second-order valence-corrected chi connectivity index (χ2v) is 8.86. The van der Waals surface area contributed by atoms with Crippen LogP contribution in [0.1, 0.15) is 38.0 Å². The lowest BCUT2D eigenvalue weighted by molar-refractivity contribution is -0.129. The van der Waals surface area contributed by atoms with Gasteiger partial charge in [-0.15, -0.1) is 10.2 Å². The molecule has 122 valence electrons. The summed E-state index contributed by atoms with van der Waals surface area (Å²) >= 11 is 1.22. The zero-order chi connectivity index (χ0) is 15.7. The molecule has 1 aliphatic carbocycles. The van der Waals surface area contributed by atoms with Crippen LogP contribution in [-0.4, -0.2) is 59.3 Å². The lowest BCUT2D eigenvalue weighted by Crippen LogP contribution is -2.41. The van der Waals surface area contributed by atoms with Crippen molar-refractivity contribution in [3.05, 3.63) is 5.89 Å². The predicted molar refractivity (Wildman–Crippen MR) is 81.4 cm³/mol. The highest BCUT2D eigenvalue weighted by molar-refractivity contribution is 7.99. The Balaban J connectivity index is 1.55. The number of aromatic nitrogens is 2. The van der Waals surface area contributed by atoms with Gasteiger partial charge in [0, 0.05) is 18.5 Å². The Morgan fingerprint density at radius 1 is 1.36 bits per heavy atom. The van der Waals surface area contributed by atoms with Crippen molar-refractivity contribution < 1.29 is 17.6 Å². The van der Waals surface area contributed by atoms with Gasteiger partial charge in [-0.2, -0.15) is 0 Å². The maximum Gasteiger partial charge on any atom is 0.277 e. The van der Waals surface area contributed by atoms with E-state index in [2.05, 4.69) is 10.2 Å². The van der Waals surface area contributed by atoms with Gasteiger partial charge in [0.2, 0.25) is 11.8 Å². The predicted octanol–water partition coefficient (Wildman–Crippen LogP) is 1.07. The van der Waals surface area contributed by atoms with E-state index in [0.717, 1.165) is 12.8 Å². The molecule has 1 aromatic heterocycles. The van der Waals surface area contributed by atoms with Gasteiger partial charge in [-0.05, 0) is 26.2 Å². The molecule has 9 heteroatoms. The van der Waals surface area contributed by atoms with Crippen molar-refractivity contribution in [2.45, 2.75) is 43.4 Å². The summed E-state index contributed by atoms with van der Waals surface area (Å²) in [5, 5.41) is 8.32. The van der Waals surface area contributed by atoms with Crippen LogP contribution >= 0.6 is 11.8 Å². The standard InChI is InChI=1S/C13H19N3O4S2/c1-2-16(10-5-6-22(18,19)8-10)11(17)7-21-13-15-14-12(20-13)9-3-4-9/h9-10H,2-8H2,1H3/t10-/m0/s1. The first-order valence-corrected chi connectivity index (χ1v) is 10.3. The summed E-state index contributed by atoms with van der Waals surface area (Å²) in [7, 11) is -2.99. The molecule has 1 aromatic rings. The molecule has 1 amide bonds. The molecule has 2 fully saturated rings. The highest BCUT2D eigenvalue weighted by Gasteiger charge is 2.34. The van der Waals surface area contributed by atoms with Crippen LogP contribution in [-0.2, 0) is 14.6 Å². The lowest BCUT2D eigenvalue weighted by atomic mass is 10.2. The van der Waals surface area contributed by atoms with Gasteiger partial charge in [-0.25, -0.2) is 8.42 Å². The quantitative estimate of drug-likeness (QED) is 0.712. The number of nitrogens with zero attached hydrogens (tertiary/aromatic N) is 3. The minimum atomic E-state index is -2.99. The molecule has 0 unspecified atom stereocenters. The molecule has 7 nitrogen and oxygen atoms in total. The van der Waals surface area contributed by atoms with E-state index in [1.807, 2.05) is 6.92 Å². The molecule has 22 heavy (non-hydrogen) atoms. The van der Waals surface area contributed by atoms with Crippen LogP contribution in [0.2, 0.25) is 0 Å². The van der Waals surface area contributed by atoms with Crippen molar-refractivity contribution >= 4 is 27.5 Å². The van der Waals surface area contributed by atoms with E-state index in [9.17, 15) is 13.2 Å². The first kappa shape index (κ1) is 15.8. The summed E-state index contributed by atoms with van der Waals surface area (Å²) in [4.78, 5) is 14.0. The summed E-state index contributed by atoms with van der Waals surface area (Å²) < 4.78 is 28.6. The molecule has 0 aromatic carbocycles. The number of carbonyl (C=O) groups excluding carboxylic acids is 1. The topological polar surface area (TPSA) is 93.4 Å². The van der Waals surface area contributed by atoms with Crippen molar-refractivity contribution in [2.75, 3.05) is 23.8 Å². The molecule has 2 aliphatic rings. The smallest absolute Gasteiger partial charge is 0.277 e. The van der Waals surface area contributed by atoms with Crippen LogP contribution in [0.15, 0.2) is 9.64 Å². The fraction of sp³-hybridized carbons (Fsp3) is 0.769. The fourth-order valence-corrected chi connectivity index (χ4v) is 5.03. The summed E-state index contributed by atoms with van der Waals surface area (Å²) in [5.74, 6) is 1.40. The van der Waals surface area contributed by atoms with Gasteiger partial charge in [0.1, 0.15) is 0 Å². The van der Waals surface area contributed by atoms with Gasteiger partial charge in [0.15, 0.2) is 9.84 Å². The third-order valence-electron chi connectivity index (χ3n) is 3.98. The number of rotatable bonds is 6. The van der Waals surface area contributed by atoms with E-state index in [1.165, 1.54) is 11.8 Å².